The van der Waals surface area contributed by atoms with E-state index in [9.17, 15) is 0 Å². The van der Waals surface area contributed by atoms with Crippen LogP contribution >= 0.6 is 0 Å². The van der Waals surface area contributed by atoms with Crippen molar-refractivity contribution in [3.63, 3.8) is 0 Å². The maximum absolute atomic E-state index is 3.40. The third kappa shape index (κ3) is 2.29. The Balaban J connectivity index is 1.79. The third-order valence-electron chi connectivity index (χ3n) is 4.13. The topological polar surface area (TPSA) is 15.3 Å². The van der Waals surface area contributed by atoms with Gasteiger partial charge in [0.2, 0.25) is 0 Å². The maximum atomic E-state index is 3.40. The molecule has 2 heteroatoms. The van der Waals surface area contributed by atoms with Crippen molar-refractivity contribution in [3.05, 3.63) is 0 Å². The van der Waals surface area contributed by atoms with E-state index < -0.39 is 0 Å². The van der Waals surface area contributed by atoms with Gasteiger partial charge in [-0.15, -0.1) is 0 Å². The van der Waals surface area contributed by atoms with E-state index in [0.29, 0.717) is 0 Å². The van der Waals surface area contributed by atoms with Crippen LogP contribution in [0, 0.1) is 5.92 Å². The molecule has 0 radical (unpaired) electrons. The van der Waals surface area contributed by atoms with Crippen molar-refractivity contribution in [1.82, 2.24) is 10.2 Å². The molecule has 2 fully saturated rings. The molecular weight excluding hydrogens is 172 g/mol. The Morgan fingerprint density at radius 2 is 1.79 bits per heavy atom. The second-order valence-corrected chi connectivity index (χ2v) is 5.18. The summed E-state index contributed by atoms with van der Waals surface area (Å²) >= 11 is 0. The van der Waals surface area contributed by atoms with Gasteiger partial charge in [-0.05, 0) is 45.1 Å². The quantitative estimate of drug-likeness (QED) is 0.725. The van der Waals surface area contributed by atoms with Crippen molar-refractivity contribution in [3.8, 4) is 0 Å². The molecule has 1 N–H and O–H groups in total. The number of hydrogen-bond acceptors (Lipinski definition) is 2. The van der Waals surface area contributed by atoms with E-state index in [1.165, 1.54) is 45.2 Å². The molecule has 1 aliphatic heterocycles. The van der Waals surface area contributed by atoms with E-state index in [-0.39, 0.29) is 0 Å². The van der Waals surface area contributed by atoms with Crippen LogP contribution in [0.5, 0.6) is 0 Å². The van der Waals surface area contributed by atoms with Crippen LogP contribution in [0.15, 0.2) is 0 Å². The van der Waals surface area contributed by atoms with Crippen molar-refractivity contribution >= 4 is 0 Å². The van der Waals surface area contributed by atoms with Crippen LogP contribution in [0.4, 0.5) is 0 Å². The van der Waals surface area contributed by atoms with Crippen molar-refractivity contribution < 1.29 is 0 Å². The monoisotopic (exact) mass is 196 g/mol. The predicted molar refractivity (Wildman–Crippen MR) is 60.5 cm³/mol. The lowest BCUT2D eigenvalue weighted by atomic mass is 9.87. The normalized spacial score (nSPS) is 40.3. The first-order valence-electron chi connectivity index (χ1n) is 6.21. The summed E-state index contributed by atoms with van der Waals surface area (Å²) in [5.41, 5.74) is 0. The second-order valence-electron chi connectivity index (χ2n) is 5.18. The van der Waals surface area contributed by atoms with Crippen molar-refractivity contribution in [2.45, 2.75) is 51.1 Å². The third-order valence-corrected chi connectivity index (χ3v) is 4.13. The highest BCUT2D eigenvalue weighted by molar-refractivity contribution is 4.86. The van der Waals surface area contributed by atoms with E-state index in [0.717, 1.165) is 18.0 Å². The Bertz CT molecular complexity index is 173. The van der Waals surface area contributed by atoms with Gasteiger partial charge < -0.3 is 5.32 Å². The molecule has 1 heterocycles. The van der Waals surface area contributed by atoms with Crippen LogP contribution < -0.4 is 5.32 Å². The van der Waals surface area contributed by atoms with Crippen molar-refractivity contribution in [2.24, 2.45) is 5.92 Å². The Morgan fingerprint density at radius 3 is 2.36 bits per heavy atom. The highest BCUT2D eigenvalue weighted by Crippen LogP contribution is 2.28. The molecule has 0 aromatic rings. The maximum Gasteiger partial charge on any atom is 0.0204 e. The van der Waals surface area contributed by atoms with Gasteiger partial charge in [-0.3, -0.25) is 4.90 Å². The van der Waals surface area contributed by atoms with Gasteiger partial charge in [0.15, 0.2) is 0 Å². The number of likely N-dealkylation sites (N-methyl/N-ethyl adjacent to an activating group) is 1. The van der Waals surface area contributed by atoms with E-state index in [4.69, 9.17) is 0 Å². The minimum absolute atomic E-state index is 0.759. The second kappa shape index (κ2) is 4.63. The fraction of sp³-hybridized carbons (Fsp3) is 1.00. The van der Waals surface area contributed by atoms with Gasteiger partial charge in [-0.2, -0.15) is 0 Å². The van der Waals surface area contributed by atoms with Crippen LogP contribution in [-0.2, 0) is 0 Å². The van der Waals surface area contributed by atoms with Gasteiger partial charge in [-0.25, -0.2) is 0 Å². The zero-order chi connectivity index (χ0) is 9.97. The van der Waals surface area contributed by atoms with E-state index in [1.807, 2.05) is 0 Å². The van der Waals surface area contributed by atoms with Crippen LogP contribution in [0.3, 0.4) is 0 Å². The number of rotatable bonds is 2. The molecule has 1 atom stereocenters. The van der Waals surface area contributed by atoms with E-state index >= 15 is 0 Å². The summed E-state index contributed by atoms with van der Waals surface area (Å²) in [7, 11) is 2.09. The summed E-state index contributed by atoms with van der Waals surface area (Å²) in [6, 6.07) is 1.67. The molecule has 2 nitrogen and oxygen atoms in total. The Labute approximate surface area is 88.1 Å². The molecule has 2 rings (SSSR count). The SMILES string of the molecule is CNC1CCN(C2CCC(C)CC2)C1. The summed E-state index contributed by atoms with van der Waals surface area (Å²) < 4.78 is 0. The van der Waals surface area contributed by atoms with Gasteiger partial charge in [0.05, 0.1) is 0 Å². The summed E-state index contributed by atoms with van der Waals surface area (Å²) in [6.45, 7) is 5.01. The highest BCUT2D eigenvalue weighted by atomic mass is 15.2. The molecule has 1 saturated heterocycles. The lowest BCUT2D eigenvalue weighted by Crippen LogP contribution is -2.38. The average Bonchev–Trinajstić information content (AvgIpc) is 2.67. The standard InChI is InChI=1S/C12H24N2/c1-10-3-5-12(6-4-10)14-8-7-11(9-14)13-2/h10-13H,3-9H2,1-2H3. The zero-order valence-corrected chi connectivity index (χ0v) is 9.63. The molecule has 0 amide bonds. The fourth-order valence-corrected chi connectivity index (χ4v) is 2.96. The van der Waals surface area contributed by atoms with Gasteiger partial charge >= 0.3 is 0 Å². The molecular formula is C12H24N2. The lowest BCUT2D eigenvalue weighted by Gasteiger charge is -2.33. The first kappa shape index (κ1) is 10.4. The van der Waals surface area contributed by atoms with Gasteiger partial charge in [0.25, 0.3) is 0 Å². The molecule has 1 unspecified atom stereocenters. The van der Waals surface area contributed by atoms with Crippen molar-refractivity contribution in [1.29, 1.82) is 0 Å². The van der Waals surface area contributed by atoms with Crippen LogP contribution in [0.1, 0.15) is 39.0 Å². The minimum Gasteiger partial charge on any atom is -0.316 e. The van der Waals surface area contributed by atoms with Gasteiger partial charge in [-0.1, -0.05) is 6.92 Å². The van der Waals surface area contributed by atoms with E-state index in [1.54, 1.807) is 0 Å². The molecule has 1 aliphatic carbocycles. The molecule has 0 aromatic heterocycles. The Morgan fingerprint density at radius 1 is 1.07 bits per heavy atom. The average molecular weight is 196 g/mol. The fourth-order valence-electron chi connectivity index (χ4n) is 2.96. The van der Waals surface area contributed by atoms with Crippen LogP contribution in [-0.4, -0.2) is 37.1 Å². The summed E-state index contributed by atoms with van der Waals surface area (Å²) in [4.78, 5) is 2.72. The lowest BCUT2D eigenvalue weighted by molar-refractivity contribution is 0.167. The number of nitrogens with one attached hydrogen (secondary N) is 1. The van der Waals surface area contributed by atoms with Crippen LogP contribution in [0.25, 0.3) is 0 Å². The molecule has 0 bridgehead atoms. The van der Waals surface area contributed by atoms with Crippen molar-refractivity contribution in [2.75, 3.05) is 20.1 Å². The highest BCUT2D eigenvalue weighted by Gasteiger charge is 2.29. The van der Waals surface area contributed by atoms with Gasteiger partial charge in [0, 0.05) is 25.2 Å². The molecule has 82 valence electrons. The molecule has 14 heavy (non-hydrogen) atoms. The summed E-state index contributed by atoms with van der Waals surface area (Å²) in [5, 5.41) is 3.40. The van der Waals surface area contributed by atoms with E-state index in [2.05, 4.69) is 24.2 Å². The Kier molecular flexibility index (Phi) is 3.45. The zero-order valence-electron chi connectivity index (χ0n) is 9.63. The number of nitrogens with zero attached hydrogens (tertiary/aromatic N) is 1. The largest absolute Gasteiger partial charge is 0.316 e. The smallest absolute Gasteiger partial charge is 0.0204 e. The summed E-state index contributed by atoms with van der Waals surface area (Å²) in [5.74, 6) is 0.981. The summed E-state index contributed by atoms with van der Waals surface area (Å²) in [6.07, 6.45) is 7.13. The molecule has 0 aromatic carbocycles. The molecule has 2 aliphatic rings. The predicted octanol–water partition coefficient (Wildman–Crippen LogP) is 1.86. The van der Waals surface area contributed by atoms with Crippen LogP contribution in [0.2, 0.25) is 0 Å². The molecule has 0 spiro atoms. The number of likely N-dealkylation sites (tertiary alicyclic amines) is 1. The Hall–Kier alpha value is -0.0800. The first-order chi connectivity index (χ1) is 6.79. The van der Waals surface area contributed by atoms with Gasteiger partial charge in [0.1, 0.15) is 0 Å². The molecule has 1 saturated carbocycles. The minimum atomic E-state index is 0.759. The number of hydrogen-bond donors (Lipinski definition) is 1. The first-order valence-corrected chi connectivity index (χ1v) is 6.21.